The Labute approximate surface area is 154 Å². The predicted octanol–water partition coefficient (Wildman–Crippen LogP) is 2.93. The fourth-order valence-corrected chi connectivity index (χ4v) is 4.65. The summed E-state index contributed by atoms with van der Waals surface area (Å²) < 4.78 is 0. The van der Waals surface area contributed by atoms with Crippen LogP contribution in [0.4, 0.5) is 23.3 Å². The molecular formula is C18H30N6O2. The van der Waals surface area contributed by atoms with E-state index in [0.29, 0.717) is 35.4 Å². The summed E-state index contributed by atoms with van der Waals surface area (Å²) in [6.45, 7) is 12.0. The van der Waals surface area contributed by atoms with Crippen LogP contribution in [0.1, 0.15) is 40.5 Å². The second-order valence-electron chi connectivity index (χ2n) is 8.54. The quantitative estimate of drug-likeness (QED) is 0.651. The molecule has 0 radical (unpaired) electrons. The number of anilines is 3. The van der Waals surface area contributed by atoms with Crippen molar-refractivity contribution in [2.75, 3.05) is 41.7 Å². The molecule has 2 N–H and O–H groups in total. The van der Waals surface area contributed by atoms with Gasteiger partial charge < -0.3 is 15.5 Å². The first-order valence-corrected chi connectivity index (χ1v) is 9.56. The highest BCUT2D eigenvalue weighted by molar-refractivity contribution is 5.71. The van der Waals surface area contributed by atoms with Gasteiger partial charge in [0, 0.05) is 26.2 Å². The minimum atomic E-state index is -0.445. The van der Waals surface area contributed by atoms with Gasteiger partial charge in [0.1, 0.15) is 0 Å². The molecule has 1 aromatic heterocycles. The molecule has 2 fully saturated rings. The van der Waals surface area contributed by atoms with Crippen molar-refractivity contribution < 1.29 is 4.92 Å². The highest BCUT2D eigenvalue weighted by Crippen LogP contribution is 2.37. The van der Waals surface area contributed by atoms with Crippen LogP contribution in [0.5, 0.6) is 0 Å². The van der Waals surface area contributed by atoms with E-state index in [4.69, 9.17) is 5.73 Å². The molecule has 144 valence electrons. The molecule has 8 nitrogen and oxygen atoms in total. The number of piperidine rings is 2. The summed E-state index contributed by atoms with van der Waals surface area (Å²) >= 11 is 0. The van der Waals surface area contributed by atoms with Gasteiger partial charge in [0.15, 0.2) is 0 Å². The Morgan fingerprint density at radius 3 is 1.85 bits per heavy atom. The van der Waals surface area contributed by atoms with Crippen molar-refractivity contribution >= 4 is 23.3 Å². The van der Waals surface area contributed by atoms with E-state index in [-0.39, 0.29) is 11.5 Å². The topological polar surface area (TPSA) is 101 Å². The zero-order valence-corrected chi connectivity index (χ0v) is 16.2. The fraction of sp³-hybridized carbons (Fsp3) is 0.778. The second-order valence-corrected chi connectivity index (χ2v) is 8.54. The first-order valence-electron chi connectivity index (χ1n) is 9.56. The van der Waals surface area contributed by atoms with Crippen molar-refractivity contribution in [3.05, 3.63) is 10.1 Å². The van der Waals surface area contributed by atoms with Crippen molar-refractivity contribution in [1.29, 1.82) is 0 Å². The monoisotopic (exact) mass is 362 g/mol. The maximum Gasteiger partial charge on any atom is 0.353 e. The molecule has 4 atom stereocenters. The summed E-state index contributed by atoms with van der Waals surface area (Å²) in [7, 11) is 0. The molecule has 0 saturated carbocycles. The van der Waals surface area contributed by atoms with E-state index >= 15 is 0 Å². The Morgan fingerprint density at radius 1 is 0.923 bits per heavy atom. The Morgan fingerprint density at radius 2 is 1.38 bits per heavy atom. The van der Waals surface area contributed by atoms with Crippen molar-refractivity contribution in [3.63, 3.8) is 0 Å². The summed E-state index contributed by atoms with van der Waals surface area (Å²) in [6.07, 6.45) is 2.30. The minimum Gasteiger partial charge on any atom is -0.378 e. The minimum absolute atomic E-state index is 0.0354. The Hall–Kier alpha value is -2.12. The fourth-order valence-electron chi connectivity index (χ4n) is 4.65. The molecule has 2 saturated heterocycles. The average molecular weight is 362 g/mol. The summed E-state index contributed by atoms with van der Waals surface area (Å²) in [4.78, 5) is 24.3. The number of hydrogen-bond donors (Lipinski definition) is 1. The van der Waals surface area contributed by atoms with Crippen molar-refractivity contribution in [2.45, 2.75) is 40.5 Å². The number of nitrogens with two attached hydrogens (primary N) is 1. The smallest absolute Gasteiger partial charge is 0.353 e. The van der Waals surface area contributed by atoms with Crippen LogP contribution in [0.25, 0.3) is 0 Å². The first kappa shape index (κ1) is 18.7. The van der Waals surface area contributed by atoms with Crippen LogP contribution >= 0.6 is 0 Å². The Bertz CT molecular complexity index is 662. The molecule has 8 heteroatoms. The van der Waals surface area contributed by atoms with Gasteiger partial charge >= 0.3 is 5.69 Å². The lowest BCUT2D eigenvalue weighted by Gasteiger charge is -2.37. The van der Waals surface area contributed by atoms with Crippen LogP contribution in [0, 0.1) is 33.8 Å². The van der Waals surface area contributed by atoms with E-state index in [9.17, 15) is 10.1 Å². The van der Waals surface area contributed by atoms with E-state index in [2.05, 4.69) is 42.6 Å². The molecule has 2 aliphatic heterocycles. The molecule has 26 heavy (non-hydrogen) atoms. The average Bonchev–Trinajstić information content (AvgIpc) is 2.51. The van der Waals surface area contributed by atoms with Gasteiger partial charge in [-0.1, -0.05) is 27.7 Å². The molecule has 0 bridgehead atoms. The maximum atomic E-state index is 11.6. The number of rotatable bonds is 3. The van der Waals surface area contributed by atoms with Crippen molar-refractivity contribution in [1.82, 2.24) is 9.97 Å². The highest BCUT2D eigenvalue weighted by Gasteiger charge is 2.33. The van der Waals surface area contributed by atoms with E-state index in [1.807, 2.05) is 4.90 Å². The van der Waals surface area contributed by atoms with Crippen molar-refractivity contribution in [2.24, 2.45) is 23.7 Å². The van der Waals surface area contributed by atoms with Gasteiger partial charge in [0.05, 0.1) is 4.92 Å². The molecule has 1 aromatic rings. The Balaban J connectivity index is 2.01. The largest absolute Gasteiger partial charge is 0.378 e. The zero-order valence-electron chi connectivity index (χ0n) is 16.2. The second kappa shape index (κ2) is 7.25. The van der Waals surface area contributed by atoms with Gasteiger partial charge in [0.25, 0.3) is 0 Å². The third-order valence-corrected chi connectivity index (χ3v) is 5.38. The standard InChI is InChI=1S/C18H30N6O2/c1-11-5-12(2)8-22(7-11)17-15(24(25)26)16(19)20-18(21-17)23-9-13(3)6-14(4)10-23/h11-14H,5-10H2,1-4H3,(H2,19,20,21)/t11-,12-,13-,14-/m0/s1. The van der Waals surface area contributed by atoms with Crippen LogP contribution < -0.4 is 15.5 Å². The number of hydrogen-bond acceptors (Lipinski definition) is 7. The van der Waals surface area contributed by atoms with Crippen LogP contribution in [0.3, 0.4) is 0 Å². The lowest BCUT2D eigenvalue weighted by atomic mass is 9.92. The van der Waals surface area contributed by atoms with Crippen molar-refractivity contribution in [3.8, 4) is 0 Å². The lowest BCUT2D eigenvalue weighted by molar-refractivity contribution is -0.383. The highest BCUT2D eigenvalue weighted by atomic mass is 16.6. The molecule has 0 amide bonds. The molecule has 3 heterocycles. The molecule has 3 rings (SSSR count). The van der Waals surface area contributed by atoms with Gasteiger partial charge in [-0.05, 0) is 36.5 Å². The predicted molar refractivity (Wildman–Crippen MR) is 103 cm³/mol. The molecule has 0 spiro atoms. The third kappa shape index (κ3) is 3.83. The normalized spacial score (nSPS) is 29.7. The third-order valence-electron chi connectivity index (χ3n) is 5.38. The first-order chi connectivity index (χ1) is 12.2. The SMILES string of the molecule is C[C@H]1C[C@H](C)CN(c2nc(N)c([N+](=O)[O-])c(N3C[C@@H](C)C[C@H](C)C3)n2)C1. The maximum absolute atomic E-state index is 11.6. The zero-order chi connectivity index (χ0) is 19.0. The van der Waals surface area contributed by atoms with Gasteiger partial charge in [-0.2, -0.15) is 9.97 Å². The van der Waals surface area contributed by atoms with E-state index in [1.165, 1.54) is 6.42 Å². The van der Waals surface area contributed by atoms with Gasteiger partial charge in [-0.15, -0.1) is 0 Å². The van der Waals surface area contributed by atoms with Gasteiger partial charge in [-0.3, -0.25) is 10.1 Å². The van der Waals surface area contributed by atoms with Gasteiger partial charge in [-0.25, -0.2) is 0 Å². The summed E-state index contributed by atoms with van der Waals surface area (Å²) in [6, 6.07) is 0. The summed E-state index contributed by atoms with van der Waals surface area (Å²) in [5, 5.41) is 11.6. The van der Waals surface area contributed by atoms with Crippen LogP contribution in [0.2, 0.25) is 0 Å². The molecule has 0 aliphatic carbocycles. The number of nitrogen functional groups attached to an aromatic ring is 1. The molecule has 0 unspecified atom stereocenters. The van der Waals surface area contributed by atoms with E-state index in [1.54, 1.807) is 0 Å². The van der Waals surface area contributed by atoms with Crippen LogP contribution in [0.15, 0.2) is 0 Å². The summed E-state index contributed by atoms with van der Waals surface area (Å²) in [5.41, 5.74) is 5.87. The van der Waals surface area contributed by atoms with Gasteiger partial charge in [0.2, 0.25) is 17.6 Å². The van der Waals surface area contributed by atoms with E-state index < -0.39 is 4.92 Å². The number of nitro groups is 1. The molecule has 2 aliphatic rings. The Kier molecular flexibility index (Phi) is 5.20. The molecule has 0 aromatic carbocycles. The molecular weight excluding hydrogens is 332 g/mol. The lowest BCUT2D eigenvalue weighted by Crippen LogP contribution is -2.42. The van der Waals surface area contributed by atoms with Crippen LogP contribution in [-0.2, 0) is 0 Å². The number of nitrogens with zero attached hydrogens (tertiary/aromatic N) is 5. The number of aromatic nitrogens is 2. The summed E-state index contributed by atoms with van der Waals surface area (Å²) in [5.74, 6) is 2.87. The van der Waals surface area contributed by atoms with Crippen LogP contribution in [-0.4, -0.2) is 41.1 Å². The van der Waals surface area contributed by atoms with E-state index in [0.717, 1.165) is 32.6 Å².